The van der Waals surface area contributed by atoms with E-state index in [4.69, 9.17) is 14.6 Å². The maximum absolute atomic E-state index is 8.49. The molecule has 0 saturated carbocycles. The Morgan fingerprint density at radius 2 is 2.00 bits per heavy atom. The van der Waals surface area contributed by atoms with Gasteiger partial charge >= 0.3 is 0 Å². The molecule has 0 fully saturated rings. The SMILES string of the molecule is COC(OC)/C(C)=C\CO. The minimum Gasteiger partial charge on any atom is -0.392 e. The van der Waals surface area contributed by atoms with Crippen LogP contribution in [0.2, 0.25) is 0 Å². The number of hydrogen-bond donors (Lipinski definition) is 1. The molecule has 3 nitrogen and oxygen atoms in total. The standard InChI is InChI=1S/C7H14O3/c1-6(4-5-8)7(9-2)10-3/h4,7-8H,5H2,1-3H3/b6-4-. The Morgan fingerprint density at radius 1 is 1.50 bits per heavy atom. The van der Waals surface area contributed by atoms with Gasteiger partial charge in [-0.2, -0.15) is 0 Å². The summed E-state index contributed by atoms with van der Waals surface area (Å²) in [6.45, 7) is 1.86. The molecule has 0 aliphatic rings. The summed E-state index contributed by atoms with van der Waals surface area (Å²) in [7, 11) is 3.12. The molecule has 0 heterocycles. The first-order valence-corrected chi connectivity index (χ1v) is 3.09. The Kier molecular flexibility index (Phi) is 5.20. The third-order valence-electron chi connectivity index (χ3n) is 1.21. The van der Waals surface area contributed by atoms with Crippen molar-refractivity contribution >= 4 is 0 Å². The third-order valence-corrected chi connectivity index (χ3v) is 1.21. The zero-order valence-electron chi connectivity index (χ0n) is 6.63. The molecule has 0 aromatic carbocycles. The van der Waals surface area contributed by atoms with Gasteiger partial charge in [0.15, 0.2) is 6.29 Å². The molecule has 0 saturated heterocycles. The highest BCUT2D eigenvalue weighted by molar-refractivity contribution is 5.01. The summed E-state index contributed by atoms with van der Waals surface area (Å²) in [5.41, 5.74) is 0.882. The van der Waals surface area contributed by atoms with E-state index in [1.165, 1.54) is 0 Å². The van der Waals surface area contributed by atoms with Crippen LogP contribution in [0.3, 0.4) is 0 Å². The summed E-state index contributed by atoms with van der Waals surface area (Å²) in [5.74, 6) is 0. The van der Waals surface area contributed by atoms with Crippen LogP contribution >= 0.6 is 0 Å². The van der Waals surface area contributed by atoms with Crippen molar-refractivity contribution in [2.24, 2.45) is 0 Å². The Morgan fingerprint density at radius 3 is 2.30 bits per heavy atom. The summed E-state index contributed by atoms with van der Waals surface area (Å²) in [6, 6.07) is 0. The van der Waals surface area contributed by atoms with Crippen LogP contribution in [-0.4, -0.2) is 32.2 Å². The molecule has 0 aromatic heterocycles. The molecule has 0 bridgehead atoms. The average molecular weight is 146 g/mol. The van der Waals surface area contributed by atoms with E-state index in [0.29, 0.717) is 0 Å². The Bertz CT molecular complexity index is 105. The Balaban J connectivity index is 3.87. The number of aliphatic hydroxyl groups is 1. The van der Waals surface area contributed by atoms with Crippen LogP contribution in [0.4, 0.5) is 0 Å². The smallest absolute Gasteiger partial charge is 0.178 e. The zero-order valence-corrected chi connectivity index (χ0v) is 6.63. The third kappa shape index (κ3) is 2.96. The number of hydrogen-bond acceptors (Lipinski definition) is 3. The van der Waals surface area contributed by atoms with Crippen molar-refractivity contribution in [3.05, 3.63) is 11.6 Å². The maximum Gasteiger partial charge on any atom is 0.178 e. The first kappa shape index (κ1) is 9.62. The number of methoxy groups -OCH3 is 2. The highest BCUT2D eigenvalue weighted by Gasteiger charge is 2.05. The second-order valence-corrected chi connectivity index (χ2v) is 1.93. The lowest BCUT2D eigenvalue weighted by Crippen LogP contribution is -2.14. The lowest BCUT2D eigenvalue weighted by atomic mass is 10.3. The average Bonchev–Trinajstić information content (AvgIpc) is 1.91. The monoisotopic (exact) mass is 146 g/mol. The highest BCUT2D eigenvalue weighted by Crippen LogP contribution is 2.04. The fourth-order valence-electron chi connectivity index (χ4n) is 0.708. The van der Waals surface area contributed by atoms with Gasteiger partial charge in [-0.05, 0) is 12.5 Å². The normalized spacial score (nSPS) is 12.7. The van der Waals surface area contributed by atoms with Gasteiger partial charge in [-0.1, -0.05) is 6.08 Å². The summed E-state index contributed by atoms with van der Waals surface area (Å²) < 4.78 is 9.82. The number of ether oxygens (including phenoxy) is 2. The predicted molar refractivity (Wildman–Crippen MR) is 38.6 cm³/mol. The van der Waals surface area contributed by atoms with Gasteiger partial charge < -0.3 is 14.6 Å². The molecular weight excluding hydrogens is 132 g/mol. The van der Waals surface area contributed by atoms with Gasteiger partial charge in [0.2, 0.25) is 0 Å². The first-order valence-electron chi connectivity index (χ1n) is 3.09. The Labute approximate surface area is 61.3 Å². The highest BCUT2D eigenvalue weighted by atomic mass is 16.7. The molecule has 0 rings (SSSR count). The molecule has 0 atom stereocenters. The van der Waals surface area contributed by atoms with Crippen molar-refractivity contribution in [1.82, 2.24) is 0 Å². The van der Waals surface area contributed by atoms with Crippen molar-refractivity contribution in [1.29, 1.82) is 0 Å². The maximum atomic E-state index is 8.49. The van der Waals surface area contributed by atoms with Crippen LogP contribution in [-0.2, 0) is 9.47 Å². The summed E-state index contributed by atoms with van der Waals surface area (Å²) in [5, 5.41) is 8.49. The summed E-state index contributed by atoms with van der Waals surface area (Å²) in [6.07, 6.45) is 1.32. The Hall–Kier alpha value is -0.380. The van der Waals surface area contributed by atoms with Crippen LogP contribution in [0, 0.1) is 0 Å². The quantitative estimate of drug-likeness (QED) is 0.465. The molecule has 0 aliphatic carbocycles. The molecule has 0 aromatic rings. The lowest BCUT2D eigenvalue weighted by Gasteiger charge is -2.12. The molecular formula is C7H14O3. The molecule has 0 spiro atoms. The van der Waals surface area contributed by atoms with Crippen LogP contribution in [0.1, 0.15) is 6.92 Å². The van der Waals surface area contributed by atoms with E-state index < -0.39 is 0 Å². The van der Waals surface area contributed by atoms with Crippen LogP contribution in [0.25, 0.3) is 0 Å². The largest absolute Gasteiger partial charge is 0.392 e. The van der Waals surface area contributed by atoms with Crippen LogP contribution < -0.4 is 0 Å². The minimum absolute atomic E-state index is 0.0229. The first-order chi connectivity index (χ1) is 4.76. The van der Waals surface area contributed by atoms with Gasteiger partial charge in [-0.3, -0.25) is 0 Å². The van der Waals surface area contributed by atoms with Gasteiger partial charge in [0.05, 0.1) is 6.61 Å². The van der Waals surface area contributed by atoms with Crippen molar-refractivity contribution in [2.75, 3.05) is 20.8 Å². The molecule has 0 radical (unpaired) electrons. The van der Waals surface area contributed by atoms with Crippen molar-refractivity contribution < 1.29 is 14.6 Å². The van der Waals surface area contributed by atoms with E-state index in [1.807, 2.05) is 6.92 Å². The van der Waals surface area contributed by atoms with Crippen molar-refractivity contribution in [3.8, 4) is 0 Å². The van der Waals surface area contributed by atoms with Gasteiger partial charge in [0, 0.05) is 14.2 Å². The van der Waals surface area contributed by atoms with Crippen molar-refractivity contribution in [2.45, 2.75) is 13.2 Å². The fourth-order valence-corrected chi connectivity index (χ4v) is 0.708. The van der Waals surface area contributed by atoms with E-state index in [2.05, 4.69) is 0 Å². The van der Waals surface area contributed by atoms with E-state index in [-0.39, 0.29) is 12.9 Å². The van der Waals surface area contributed by atoms with Gasteiger partial charge in [-0.15, -0.1) is 0 Å². The zero-order chi connectivity index (χ0) is 7.98. The second-order valence-electron chi connectivity index (χ2n) is 1.93. The molecule has 0 unspecified atom stereocenters. The number of aliphatic hydroxyl groups excluding tert-OH is 1. The number of rotatable bonds is 4. The van der Waals surface area contributed by atoms with Crippen molar-refractivity contribution in [3.63, 3.8) is 0 Å². The van der Waals surface area contributed by atoms with Gasteiger partial charge in [0.25, 0.3) is 0 Å². The second kappa shape index (κ2) is 5.41. The van der Waals surface area contributed by atoms with Gasteiger partial charge in [-0.25, -0.2) is 0 Å². The molecule has 60 valence electrons. The lowest BCUT2D eigenvalue weighted by molar-refractivity contribution is -0.0750. The fraction of sp³-hybridized carbons (Fsp3) is 0.714. The molecule has 0 amide bonds. The van der Waals surface area contributed by atoms with Crippen LogP contribution in [0.15, 0.2) is 11.6 Å². The molecule has 1 N–H and O–H groups in total. The molecule has 10 heavy (non-hydrogen) atoms. The molecule has 0 aliphatic heterocycles. The summed E-state index contributed by atoms with van der Waals surface area (Å²) in [4.78, 5) is 0. The molecule has 3 heteroatoms. The van der Waals surface area contributed by atoms with E-state index in [0.717, 1.165) is 5.57 Å². The van der Waals surface area contributed by atoms with E-state index in [9.17, 15) is 0 Å². The minimum atomic E-state index is -0.327. The van der Waals surface area contributed by atoms with Crippen LogP contribution in [0.5, 0.6) is 0 Å². The summed E-state index contributed by atoms with van der Waals surface area (Å²) >= 11 is 0. The topological polar surface area (TPSA) is 38.7 Å². The predicted octanol–water partition coefficient (Wildman–Crippen LogP) is 0.544. The van der Waals surface area contributed by atoms with E-state index >= 15 is 0 Å². The van der Waals surface area contributed by atoms with Gasteiger partial charge in [0.1, 0.15) is 0 Å². The van der Waals surface area contributed by atoms with E-state index in [1.54, 1.807) is 20.3 Å².